The molecule has 0 amide bonds. The predicted molar refractivity (Wildman–Crippen MR) is 52.9 cm³/mol. The molecule has 4 nitrogen and oxygen atoms in total. The molecule has 1 N–H and O–H groups in total. The Labute approximate surface area is 87.5 Å². The predicted octanol–water partition coefficient (Wildman–Crippen LogP) is 0.697. The molecule has 0 aliphatic carbocycles. The van der Waals surface area contributed by atoms with Crippen molar-refractivity contribution in [3.63, 3.8) is 0 Å². The molecule has 1 aliphatic heterocycles. The van der Waals surface area contributed by atoms with Crippen LogP contribution >= 0.6 is 11.6 Å². The number of halogens is 1. The average Bonchev–Trinajstić information content (AvgIpc) is 2.51. The highest BCUT2D eigenvalue weighted by atomic mass is 35.5. The van der Waals surface area contributed by atoms with E-state index in [1.54, 1.807) is 6.20 Å². The van der Waals surface area contributed by atoms with Crippen LogP contribution in [-0.2, 0) is 6.54 Å². The van der Waals surface area contributed by atoms with E-state index >= 15 is 0 Å². The number of β-amino-alcohol motifs (C(OH)–C–C–N with tert-alkyl or cyclic N) is 1. The summed E-state index contributed by atoms with van der Waals surface area (Å²) in [5.74, 6) is 0. The normalized spacial score (nSPS) is 22.9. The molecule has 1 atom stereocenters. The molecule has 0 bridgehead atoms. The third-order valence-electron chi connectivity index (χ3n) is 2.32. The fourth-order valence-corrected chi connectivity index (χ4v) is 1.81. The maximum Gasteiger partial charge on any atom is 0.222 e. The molecule has 0 saturated carbocycles. The summed E-state index contributed by atoms with van der Waals surface area (Å²) in [7, 11) is 0. The first-order valence-corrected chi connectivity index (χ1v) is 4.99. The van der Waals surface area contributed by atoms with Gasteiger partial charge in [0.05, 0.1) is 11.8 Å². The maximum absolute atomic E-state index is 9.33. The SMILES string of the molecule is O[C@@H]1CCN(Cc2ccnc(Cl)n2)C1. The largest absolute Gasteiger partial charge is 0.392 e. The monoisotopic (exact) mass is 213 g/mol. The summed E-state index contributed by atoms with van der Waals surface area (Å²) in [6.45, 7) is 2.38. The standard InChI is InChI=1S/C9H12ClN3O/c10-9-11-3-1-7(12-9)5-13-4-2-8(14)6-13/h1,3,8,14H,2,4-6H2/t8-/m1/s1. The number of nitrogens with zero attached hydrogens (tertiary/aromatic N) is 3. The van der Waals surface area contributed by atoms with Crippen LogP contribution < -0.4 is 0 Å². The van der Waals surface area contributed by atoms with Crippen LogP contribution in [0.5, 0.6) is 0 Å². The van der Waals surface area contributed by atoms with Gasteiger partial charge in [0, 0.05) is 25.8 Å². The fraction of sp³-hybridized carbons (Fsp3) is 0.556. The van der Waals surface area contributed by atoms with Crippen molar-refractivity contribution in [2.24, 2.45) is 0 Å². The Hall–Kier alpha value is -0.710. The number of aliphatic hydroxyl groups excluding tert-OH is 1. The summed E-state index contributed by atoms with van der Waals surface area (Å²) < 4.78 is 0. The lowest BCUT2D eigenvalue weighted by molar-refractivity contribution is 0.174. The van der Waals surface area contributed by atoms with E-state index in [0.29, 0.717) is 0 Å². The first-order chi connectivity index (χ1) is 6.74. The first kappa shape index (κ1) is 9.83. The van der Waals surface area contributed by atoms with E-state index in [9.17, 15) is 5.11 Å². The quantitative estimate of drug-likeness (QED) is 0.735. The fourth-order valence-electron chi connectivity index (χ4n) is 1.64. The van der Waals surface area contributed by atoms with Gasteiger partial charge < -0.3 is 5.11 Å². The van der Waals surface area contributed by atoms with Gasteiger partial charge in [-0.25, -0.2) is 9.97 Å². The Bertz CT molecular complexity index is 321. The molecular formula is C9H12ClN3O. The number of aliphatic hydroxyl groups is 1. The molecule has 0 unspecified atom stereocenters. The Kier molecular flexibility index (Phi) is 2.96. The number of hydrogen-bond acceptors (Lipinski definition) is 4. The van der Waals surface area contributed by atoms with E-state index in [1.807, 2.05) is 6.07 Å². The van der Waals surface area contributed by atoms with Gasteiger partial charge >= 0.3 is 0 Å². The van der Waals surface area contributed by atoms with Crippen LogP contribution in [0.4, 0.5) is 0 Å². The minimum atomic E-state index is -0.188. The Balaban J connectivity index is 1.97. The number of rotatable bonds is 2. The molecule has 1 aromatic rings. The van der Waals surface area contributed by atoms with E-state index in [-0.39, 0.29) is 11.4 Å². The molecule has 0 aromatic carbocycles. The molecule has 1 aliphatic rings. The smallest absolute Gasteiger partial charge is 0.222 e. The Morgan fingerprint density at radius 3 is 3.14 bits per heavy atom. The summed E-state index contributed by atoms with van der Waals surface area (Å²) in [6, 6.07) is 1.84. The molecule has 0 radical (unpaired) electrons. The molecule has 1 saturated heterocycles. The lowest BCUT2D eigenvalue weighted by atomic mass is 10.3. The zero-order chi connectivity index (χ0) is 9.97. The highest BCUT2D eigenvalue weighted by Crippen LogP contribution is 2.12. The van der Waals surface area contributed by atoms with Crippen molar-refractivity contribution < 1.29 is 5.11 Å². The Morgan fingerprint density at radius 1 is 1.64 bits per heavy atom. The molecular weight excluding hydrogens is 202 g/mol. The highest BCUT2D eigenvalue weighted by Gasteiger charge is 2.20. The van der Waals surface area contributed by atoms with Gasteiger partial charge in [0.15, 0.2) is 0 Å². The molecule has 14 heavy (non-hydrogen) atoms. The molecule has 1 aromatic heterocycles. The van der Waals surface area contributed by atoms with E-state index in [4.69, 9.17) is 11.6 Å². The van der Waals surface area contributed by atoms with Crippen molar-refractivity contribution >= 4 is 11.6 Å². The van der Waals surface area contributed by atoms with Crippen molar-refractivity contribution in [1.29, 1.82) is 0 Å². The summed E-state index contributed by atoms with van der Waals surface area (Å²) in [6.07, 6.45) is 2.31. The lowest BCUT2D eigenvalue weighted by Gasteiger charge is -2.13. The van der Waals surface area contributed by atoms with Crippen molar-refractivity contribution in [2.45, 2.75) is 19.1 Å². The Morgan fingerprint density at radius 2 is 2.50 bits per heavy atom. The molecule has 76 valence electrons. The van der Waals surface area contributed by atoms with Gasteiger partial charge in [0.1, 0.15) is 0 Å². The van der Waals surface area contributed by atoms with E-state index in [2.05, 4.69) is 14.9 Å². The molecule has 0 spiro atoms. The van der Waals surface area contributed by atoms with Crippen molar-refractivity contribution in [1.82, 2.24) is 14.9 Å². The molecule has 2 rings (SSSR count). The van der Waals surface area contributed by atoms with E-state index in [0.717, 1.165) is 31.7 Å². The summed E-state index contributed by atoms with van der Waals surface area (Å²) >= 11 is 5.67. The van der Waals surface area contributed by atoms with Crippen LogP contribution in [0.25, 0.3) is 0 Å². The number of aromatic nitrogens is 2. The third-order valence-corrected chi connectivity index (χ3v) is 2.50. The first-order valence-electron chi connectivity index (χ1n) is 4.62. The molecule has 5 heteroatoms. The zero-order valence-corrected chi connectivity index (χ0v) is 8.48. The second-order valence-electron chi connectivity index (χ2n) is 3.49. The van der Waals surface area contributed by atoms with Gasteiger partial charge in [-0.2, -0.15) is 0 Å². The summed E-state index contributed by atoms with van der Waals surface area (Å²) in [4.78, 5) is 10.1. The zero-order valence-electron chi connectivity index (χ0n) is 7.73. The third kappa shape index (κ3) is 2.41. The lowest BCUT2D eigenvalue weighted by Crippen LogP contribution is -2.22. The van der Waals surface area contributed by atoms with Crippen molar-refractivity contribution in [2.75, 3.05) is 13.1 Å². The molecule has 1 fully saturated rings. The van der Waals surface area contributed by atoms with Crippen molar-refractivity contribution in [3.05, 3.63) is 23.2 Å². The van der Waals surface area contributed by atoms with Crippen LogP contribution in [0, 0.1) is 0 Å². The second-order valence-corrected chi connectivity index (χ2v) is 3.83. The van der Waals surface area contributed by atoms with E-state index < -0.39 is 0 Å². The number of hydrogen-bond donors (Lipinski definition) is 1. The maximum atomic E-state index is 9.33. The van der Waals surface area contributed by atoms with Gasteiger partial charge in [0.25, 0.3) is 0 Å². The van der Waals surface area contributed by atoms with Crippen LogP contribution in [-0.4, -0.2) is 39.2 Å². The van der Waals surface area contributed by atoms with Gasteiger partial charge in [-0.15, -0.1) is 0 Å². The van der Waals surface area contributed by atoms with Gasteiger partial charge in [-0.3, -0.25) is 4.90 Å². The van der Waals surface area contributed by atoms with Crippen LogP contribution in [0.1, 0.15) is 12.1 Å². The van der Waals surface area contributed by atoms with Crippen LogP contribution in [0.3, 0.4) is 0 Å². The molecule has 2 heterocycles. The van der Waals surface area contributed by atoms with Gasteiger partial charge in [0.2, 0.25) is 5.28 Å². The minimum absolute atomic E-state index is 0.188. The van der Waals surface area contributed by atoms with Gasteiger partial charge in [-0.1, -0.05) is 0 Å². The number of likely N-dealkylation sites (tertiary alicyclic amines) is 1. The second kappa shape index (κ2) is 4.21. The topological polar surface area (TPSA) is 49.2 Å². The highest BCUT2D eigenvalue weighted by molar-refractivity contribution is 6.28. The summed E-state index contributed by atoms with van der Waals surface area (Å²) in [5.41, 5.74) is 0.902. The van der Waals surface area contributed by atoms with Gasteiger partial charge in [-0.05, 0) is 24.1 Å². The van der Waals surface area contributed by atoms with Crippen LogP contribution in [0.2, 0.25) is 5.28 Å². The van der Waals surface area contributed by atoms with E-state index in [1.165, 1.54) is 0 Å². The van der Waals surface area contributed by atoms with Crippen LogP contribution in [0.15, 0.2) is 12.3 Å². The van der Waals surface area contributed by atoms with Crippen molar-refractivity contribution in [3.8, 4) is 0 Å². The average molecular weight is 214 g/mol. The summed E-state index contributed by atoms with van der Waals surface area (Å²) in [5, 5.41) is 9.61. The minimum Gasteiger partial charge on any atom is -0.392 e.